The molecular weight excluding hydrogens is 220 g/mol. The van der Waals surface area contributed by atoms with Crippen molar-refractivity contribution in [3.05, 3.63) is 42.0 Å². The summed E-state index contributed by atoms with van der Waals surface area (Å²) in [6.45, 7) is 13.6. The SMILES string of the molecule is CC(C)(C)c1cc2cncc[n+]2cc1C(C)(C)C. The molecular formula is C16H23N2+. The topological polar surface area (TPSA) is 17.0 Å². The molecule has 2 nitrogen and oxygen atoms in total. The predicted octanol–water partition coefficient (Wildman–Crippen LogP) is 3.42. The third-order valence-electron chi connectivity index (χ3n) is 3.28. The van der Waals surface area contributed by atoms with E-state index in [0.717, 1.165) is 5.52 Å². The lowest BCUT2D eigenvalue weighted by Crippen LogP contribution is -2.30. The van der Waals surface area contributed by atoms with Crippen molar-refractivity contribution in [2.45, 2.75) is 52.4 Å². The van der Waals surface area contributed by atoms with Crippen molar-refractivity contribution in [3.8, 4) is 0 Å². The Balaban J connectivity index is 2.81. The lowest BCUT2D eigenvalue weighted by molar-refractivity contribution is -0.513. The third-order valence-corrected chi connectivity index (χ3v) is 3.28. The Bertz CT molecular complexity index is 519. The predicted molar refractivity (Wildman–Crippen MR) is 74.8 cm³/mol. The first-order valence-electron chi connectivity index (χ1n) is 6.49. The van der Waals surface area contributed by atoms with Gasteiger partial charge in [0.15, 0.2) is 12.4 Å². The van der Waals surface area contributed by atoms with Crippen LogP contribution in [0.15, 0.2) is 30.9 Å². The second-order valence-electron chi connectivity index (χ2n) is 7.01. The van der Waals surface area contributed by atoms with Crippen molar-refractivity contribution in [2.75, 3.05) is 0 Å². The van der Waals surface area contributed by atoms with E-state index < -0.39 is 0 Å². The molecule has 0 bridgehead atoms. The molecule has 2 heteroatoms. The highest BCUT2D eigenvalue weighted by Crippen LogP contribution is 2.33. The molecule has 0 aromatic carbocycles. The van der Waals surface area contributed by atoms with Crippen molar-refractivity contribution < 1.29 is 4.40 Å². The molecule has 0 saturated heterocycles. The minimum absolute atomic E-state index is 0.146. The van der Waals surface area contributed by atoms with Crippen LogP contribution in [0.4, 0.5) is 0 Å². The molecule has 0 radical (unpaired) electrons. The molecule has 0 atom stereocenters. The molecule has 0 unspecified atom stereocenters. The van der Waals surface area contributed by atoms with Gasteiger partial charge in [-0.1, -0.05) is 41.5 Å². The van der Waals surface area contributed by atoms with Gasteiger partial charge >= 0.3 is 0 Å². The van der Waals surface area contributed by atoms with Crippen molar-refractivity contribution in [3.63, 3.8) is 0 Å². The highest BCUT2D eigenvalue weighted by molar-refractivity contribution is 5.46. The van der Waals surface area contributed by atoms with Crippen LogP contribution in [-0.2, 0) is 10.8 Å². The molecule has 2 rings (SSSR count). The summed E-state index contributed by atoms with van der Waals surface area (Å²) >= 11 is 0. The summed E-state index contributed by atoms with van der Waals surface area (Å²) in [6, 6.07) is 2.27. The Labute approximate surface area is 110 Å². The highest BCUT2D eigenvalue weighted by Gasteiger charge is 2.28. The van der Waals surface area contributed by atoms with Gasteiger partial charge in [-0.05, 0) is 16.4 Å². The van der Waals surface area contributed by atoms with Gasteiger partial charge in [0, 0.05) is 11.6 Å². The lowest BCUT2D eigenvalue weighted by atomic mass is 9.76. The van der Waals surface area contributed by atoms with Crippen LogP contribution in [0.2, 0.25) is 0 Å². The van der Waals surface area contributed by atoms with Crippen LogP contribution in [-0.4, -0.2) is 4.98 Å². The van der Waals surface area contributed by atoms with E-state index in [1.807, 2.05) is 18.6 Å². The number of pyridine rings is 1. The maximum Gasteiger partial charge on any atom is 0.229 e. The Kier molecular flexibility index (Phi) is 2.92. The van der Waals surface area contributed by atoms with E-state index in [1.54, 1.807) is 0 Å². The monoisotopic (exact) mass is 243 g/mol. The van der Waals surface area contributed by atoms with E-state index >= 15 is 0 Å². The molecule has 0 spiro atoms. The van der Waals surface area contributed by atoms with Gasteiger partial charge in [0.25, 0.3) is 0 Å². The van der Waals surface area contributed by atoms with Crippen LogP contribution in [0.1, 0.15) is 52.7 Å². The highest BCUT2D eigenvalue weighted by atomic mass is 14.9. The van der Waals surface area contributed by atoms with Crippen molar-refractivity contribution in [1.82, 2.24) is 4.98 Å². The van der Waals surface area contributed by atoms with E-state index in [0.29, 0.717) is 0 Å². The Morgan fingerprint density at radius 2 is 1.56 bits per heavy atom. The van der Waals surface area contributed by atoms with Gasteiger partial charge in [-0.25, -0.2) is 0 Å². The molecule has 0 aliphatic heterocycles. The van der Waals surface area contributed by atoms with Gasteiger partial charge in [-0.15, -0.1) is 0 Å². The van der Waals surface area contributed by atoms with Gasteiger partial charge in [-0.3, -0.25) is 4.98 Å². The van der Waals surface area contributed by atoms with Gasteiger partial charge in [0.05, 0.1) is 12.4 Å². The first-order valence-corrected chi connectivity index (χ1v) is 6.49. The summed E-state index contributed by atoms with van der Waals surface area (Å²) in [5, 5.41) is 0. The summed E-state index contributed by atoms with van der Waals surface area (Å²) in [7, 11) is 0. The lowest BCUT2D eigenvalue weighted by Gasteiger charge is -2.28. The fraction of sp³-hybridized carbons (Fsp3) is 0.500. The summed E-state index contributed by atoms with van der Waals surface area (Å²) < 4.78 is 2.16. The zero-order valence-corrected chi connectivity index (χ0v) is 12.3. The third kappa shape index (κ3) is 2.38. The molecule has 0 N–H and O–H groups in total. The number of rotatable bonds is 0. The zero-order valence-electron chi connectivity index (χ0n) is 12.3. The normalized spacial score (nSPS) is 13.0. The maximum absolute atomic E-state index is 4.21. The minimum Gasteiger partial charge on any atom is -0.252 e. The Hall–Kier alpha value is -1.44. The second kappa shape index (κ2) is 4.04. The number of aromatic nitrogens is 2. The molecule has 96 valence electrons. The molecule has 2 heterocycles. The number of fused-ring (bicyclic) bond motifs is 1. The number of nitrogens with zero attached hydrogens (tertiary/aromatic N) is 2. The van der Waals surface area contributed by atoms with E-state index in [9.17, 15) is 0 Å². The standard InChI is InChI=1S/C16H23N2/c1-15(2,3)13-9-12-10-17-7-8-18(12)11-14(13)16(4,5)6/h7-11H,1-6H3/q+1. The molecule has 2 aromatic rings. The zero-order chi connectivity index (χ0) is 13.6. The van der Waals surface area contributed by atoms with E-state index in [4.69, 9.17) is 0 Å². The minimum atomic E-state index is 0.146. The number of hydrogen-bond donors (Lipinski definition) is 0. The van der Waals surface area contributed by atoms with Crippen LogP contribution in [0.3, 0.4) is 0 Å². The largest absolute Gasteiger partial charge is 0.252 e. The van der Waals surface area contributed by atoms with Gasteiger partial charge in [0.1, 0.15) is 0 Å². The smallest absolute Gasteiger partial charge is 0.229 e. The van der Waals surface area contributed by atoms with Crippen LogP contribution in [0, 0.1) is 0 Å². The van der Waals surface area contributed by atoms with Crippen LogP contribution in [0.5, 0.6) is 0 Å². The van der Waals surface area contributed by atoms with E-state index in [2.05, 4.69) is 63.2 Å². The molecule has 2 aromatic heterocycles. The van der Waals surface area contributed by atoms with Crippen LogP contribution in [0.25, 0.3) is 5.52 Å². The van der Waals surface area contributed by atoms with Crippen molar-refractivity contribution >= 4 is 5.52 Å². The first-order chi connectivity index (χ1) is 8.19. The van der Waals surface area contributed by atoms with Gasteiger partial charge in [-0.2, -0.15) is 4.40 Å². The molecule has 0 amide bonds. The quantitative estimate of drug-likeness (QED) is 0.648. The summed E-state index contributed by atoms with van der Waals surface area (Å²) in [4.78, 5) is 4.21. The average Bonchev–Trinajstić information content (AvgIpc) is 2.25. The molecule has 0 fully saturated rings. The Morgan fingerprint density at radius 1 is 0.944 bits per heavy atom. The summed E-state index contributed by atoms with van der Waals surface area (Å²) in [5.41, 5.74) is 4.25. The number of hydrogen-bond acceptors (Lipinski definition) is 1. The van der Waals surface area contributed by atoms with Crippen LogP contribution < -0.4 is 4.40 Å². The summed E-state index contributed by atoms with van der Waals surface area (Å²) in [5.74, 6) is 0. The molecule has 0 aliphatic carbocycles. The van der Waals surface area contributed by atoms with Crippen LogP contribution >= 0.6 is 0 Å². The van der Waals surface area contributed by atoms with Crippen molar-refractivity contribution in [2.24, 2.45) is 0 Å². The maximum atomic E-state index is 4.21. The second-order valence-corrected chi connectivity index (χ2v) is 7.01. The van der Waals surface area contributed by atoms with Crippen molar-refractivity contribution in [1.29, 1.82) is 0 Å². The molecule has 0 aliphatic rings. The Morgan fingerprint density at radius 3 is 2.11 bits per heavy atom. The fourth-order valence-electron chi connectivity index (χ4n) is 2.26. The fourth-order valence-corrected chi connectivity index (χ4v) is 2.26. The van der Waals surface area contributed by atoms with Gasteiger partial charge in [0.2, 0.25) is 5.52 Å². The average molecular weight is 243 g/mol. The van der Waals surface area contributed by atoms with E-state index in [-0.39, 0.29) is 10.8 Å². The van der Waals surface area contributed by atoms with E-state index in [1.165, 1.54) is 11.1 Å². The molecule has 18 heavy (non-hydrogen) atoms. The van der Waals surface area contributed by atoms with Gasteiger partial charge < -0.3 is 0 Å². The molecule has 0 saturated carbocycles. The first kappa shape index (κ1) is 13.0. The summed E-state index contributed by atoms with van der Waals surface area (Å²) in [6.07, 6.45) is 8.01.